The molecule has 0 radical (unpaired) electrons. The van der Waals surface area contributed by atoms with Gasteiger partial charge in [0.15, 0.2) is 0 Å². The maximum absolute atomic E-state index is 11.8. The number of nitrogens with one attached hydrogen (secondary N) is 1. The Morgan fingerprint density at radius 3 is 2.56 bits per heavy atom. The first-order valence-corrected chi connectivity index (χ1v) is 7.47. The lowest BCUT2D eigenvalue weighted by Gasteiger charge is -2.41. The largest absolute Gasteiger partial charge is 0.481 e. The van der Waals surface area contributed by atoms with Gasteiger partial charge < -0.3 is 15.3 Å². The highest BCUT2D eigenvalue weighted by Gasteiger charge is 2.37. The van der Waals surface area contributed by atoms with E-state index in [1.807, 2.05) is 6.92 Å². The second-order valence-electron chi connectivity index (χ2n) is 4.80. The van der Waals surface area contributed by atoms with Crippen molar-refractivity contribution < 1.29 is 14.7 Å². The predicted molar refractivity (Wildman–Crippen MR) is 72.9 cm³/mol. The Hall–Kier alpha value is -0.910. The van der Waals surface area contributed by atoms with E-state index in [0.717, 1.165) is 11.5 Å². The number of hydrogen-bond acceptors (Lipinski definition) is 3. The zero-order valence-electron chi connectivity index (χ0n) is 11.2. The van der Waals surface area contributed by atoms with Crippen LogP contribution >= 0.6 is 11.8 Å². The Balaban J connectivity index is 2.24. The van der Waals surface area contributed by atoms with E-state index in [9.17, 15) is 9.59 Å². The van der Waals surface area contributed by atoms with E-state index in [1.54, 1.807) is 23.6 Å². The maximum Gasteiger partial charge on any atom is 0.317 e. The number of amides is 2. The molecule has 0 bridgehead atoms. The molecule has 1 aliphatic heterocycles. The zero-order valence-corrected chi connectivity index (χ0v) is 12.0. The van der Waals surface area contributed by atoms with Crippen molar-refractivity contribution in [3.63, 3.8) is 0 Å². The van der Waals surface area contributed by atoms with Crippen molar-refractivity contribution in [2.75, 3.05) is 24.6 Å². The van der Waals surface area contributed by atoms with E-state index < -0.39 is 5.97 Å². The van der Waals surface area contributed by atoms with Gasteiger partial charge in [-0.05, 0) is 12.7 Å². The topological polar surface area (TPSA) is 69.6 Å². The lowest BCUT2D eigenvalue weighted by molar-refractivity contribution is -0.144. The summed E-state index contributed by atoms with van der Waals surface area (Å²) in [7, 11) is 0. The first-order valence-electron chi connectivity index (χ1n) is 6.31. The number of nitrogens with zero attached hydrogens (tertiary/aromatic N) is 1. The van der Waals surface area contributed by atoms with Gasteiger partial charge in [-0.3, -0.25) is 4.79 Å². The minimum Gasteiger partial charge on any atom is -0.481 e. The number of carboxylic acid groups (broad SMARTS) is 1. The van der Waals surface area contributed by atoms with Gasteiger partial charge in [0.2, 0.25) is 0 Å². The highest BCUT2D eigenvalue weighted by atomic mass is 32.2. The number of carboxylic acids is 1. The van der Waals surface area contributed by atoms with E-state index in [1.165, 1.54) is 0 Å². The first kappa shape index (κ1) is 15.1. The number of carbonyl (C=O) groups excluding carboxylic acids is 1. The second kappa shape index (κ2) is 6.87. The van der Waals surface area contributed by atoms with Crippen LogP contribution in [0.25, 0.3) is 0 Å². The number of aliphatic carboxylic acids is 1. The third kappa shape index (κ3) is 4.08. The SMILES string of the molecule is CCSCC(C)NC(=O)N1CC(C(C)C(=O)O)C1. The fourth-order valence-corrected chi connectivity index (χ4v) is 2.51. The van der Waals surface area contributed by atoms with Gasteiger partial charge in [-0.2, -0.15) is 11.8 Å². The summed E-state index contributed by atoms with van der Waals surface area (Å²) in [6.07, 6.45) is 0. The van der Waals surface area contributed by atoms with Gasteiger partial charge >= 0.3 is 12.0 Å². The molecule has 2 amide bonds. The van der Waals surface area contributed by atoms with Crippen molar-refractivity contribution in [3.8, 4) is 0 Å². The Labute approximate surface area is 112 Å². The molecule has 6 heteroatoms. The van der Waals surface area contributed by atoms with Crippen LogP contribution in [0.15, 0.2) is 0 Å². The van der Waals surface area contributed by atoms with Gasteiger partial charge in [-0.1, -0.05) is 13.8 Å². The van der Waals surface area contributed by atoms with Crippen LogP contribution in [-0.2, 0) is 4.79 Å². The molecule has 2 unspecified atom stereocenters. The molecule has 0 spiro atoms. The van der Waals surface area contributed by atoms with E-state index in [-0.39, 0.29) is 23.9 Å². The van der Waals surface area contributed by atoms with E-state index in [0.29, 0.717) is 13.1 Å². The molecule has 1 fully saturated rings. The number of rotatable bonds is 6. The van der Waals surface area contributed by atoms with Crippen molar-refractivity contribution in [2.45, 2.75) is 26.8 Å². The fourth-order valence-electron chi connectivity index (χ4n) is 1.83. The third-order valence-corrected chi connectivity index (χ3v) is 4.38. The van der Waals surface area contributed by atoms with Crippen LogP contribution in [0.2, 0.25) is 0 Å². The molecule has 1 saturated heterocycles. The molecule has 0 aromatic rings. The van der Waals surface area contributed by atoms with Crippen molar-refractivity contribution in [2.24, 2.45) is 11.8 Å². The highest BCUT2D eigenvalue weighted by molar-refractivity contribution is 7.99. The zero-order chi connectivity index (χ0) is 13.7. The van der Waals surface area contributed by atoms with Crippen molar-refractivity contribution in [1.29, 1.82) is 0 Å². The smallest absolute Gasteiger partial charge is 0.317 e. The summed E-state index contributed by atoms with van der Waals surface area (Å²) in [5, 5.41) is 11.8. The molecule has 0 aromatic heterocycles. The average Bonchev–Trinajstić information content (AvgIpc) is 2.23. The molecular weight excluding hydrogens is 252 g/mol. The molecule has 2 atom stereocenters. The van der Waals surface area contributed by atoms with Crippen LogP contribution in [0.4, 0.5) is 4.79 Å². The standard InChI is InChI=1S/C12H22N2O3S/c1-4-18-7-8(2)13-12(17)14-5-10(6-14)9(3)11(15)16/h8-10H,4-7H2,1-3H3,(H,13,17)(H,15,16). The van der Waals surface area contributed by atoms with Gasteiger partial charge in [0.05, 0.1) is 5.92 Å². The van der Waals surface area contributed by atoms with Gasteiger partial charge in [0.1, 0.15) is 0 Å². The van der Waals surface area contributed by atoms with Crippen molar-refractivity contribution in [1.82, 2.24) is 10.2 Å². The van der Waals surface area contributed by atoms with Crippen LogP contribution in [-0.4, -0.2) is 52.6 Å². The Bertz CT molecular complexity index is 306. The maximum atomic E-state index is 11.8. The lowest BCUT2D eigenvalue weighted by Crippen LogP contribution is -2.57. The van der Waals surface area contributed by atoms with E-state index in [2.05, 4.69) is 12.2 Å². The second-order valence-corrected chi connectivity index (χ2v) is 6.12. The minimum absolute atomic E-state index is 0.0759. The number of thioether (sulfide) groups is 1. The molecular formula is C12H22N2O3S. The molecule has 0 aromatic carbocycles. The molecule has 1 rings (SSSR count). The number of carbonyl (C=O) groups is 2. The monoisotopic (exact) mass is 274 g/mol. The van der Waals surface area contributed by atoms with E-state index in [4.69, 9.17) is 5.11 Å². The summed E-state index contributed by atoms with van der Waals surface area (Å²) in [4.78, 5) is 24.3. The normalized spacial score (nSPS) is 18.9. The predicted octanol–water partition coefficient (Wildman–Crippen LogP) is 1.49. The first-order chi connectivity index (χ1) is 8.45. The quantitative estimate of drug-likeness (QED) is 0.770. The molecule has 104 valence electrons. The molecule has 1 heterocycles. The number of urea groups is 1. The molecule has 5 nitrogen and oxygen atoms in total. The Morgan fingerprint density at radius 2 is 2.06 bits per heavy atom. The minimum atomic E-state index is -0.784. The molecule has 18 heavy (non-hydrogen) atoms. The molecule has 0 saturated carbocycles. The molecule has 1 aliphatic rings. The summed E-state index contributed by atoms with van der Waals surface area (Å²) < 4.78 is 0. The number of hydrogen-bond donors (Lipinski definition) is 2. The van der Waals surface area contributed by atoms with Crippen molar-refractivity contribution >= 4 is 23.8 Å². The summed E-state index contributed by atoms with van der Waals surface area (Å²) in [6.45, 7) is 6.87. The van der Waals surface area contributed by atoms with Crippen LogP contribution in [0, 0.1) is 11.8 Å². The average molecular weight is 274 g/mol. The van der Waals surface area contributed by atoms with Gasteiger partial charge in [-0.15, -0.1) is 0 Å². The summed E-state index contributed by atoms with van der Waals surface area (Å²) in [5.41, 5.74) is 0. The van der Waals surface area contributed by atoms with Crippen LogP contribution in [0.3, 0.4) is 0 Å². The van der Waals surface area contributed by atoms with Gasteiger partial charge in [0, 0.05) is 30.8 Å². The van der Waals surface area contributed by atoms with E-state index >= 15 is 0 Å². The number of likely N-dealkylation sites (tertiary alicyclic amines) is 1. The Morgan fingerprint density at radius 1 is 1.44 bits per heavy atom. The lowest BCUT2D eigenvalue weighted by atomic mass is 9.87. The molecule has 0 aliphatic carbocycles. The summed E-state index contributed by atoms with van der Waals surface area (Å²) in [5.74, 6) is 0.885. The highest BCUT2D eigenvalue weighted by Crippen LogP contribution is 2.23. The molecule has 2 N–H and O–H groups in total. The van der Waals surface area contributed by atoms with Crippen LogP contribution in [0.5, 0.6) is 0 Å². The van der Waals surface area contributed by atoms with Crippen molar-refractivity contribution in [3.05, 3.63) is 0 Å². The van der Waals surface area contributed by atoms with Gasteiger partial charge in [0.25, 0.3) is 0 Å². The summed E-state index contributed by atoms with van der Waals surface area (Å²) >= 11 is 1.79. The summed E-state index contributed by atoms with van der Waals surface area (Å²) in [6, 6.07) is 0.0754. The van der Waals surface area contributed by atoms with Crippen LogP contribution < -0.4 is 5.32 Å². The third-order valence-electron chi connectivity index (χ3n) is 3.24. The van der Waals surface area contributed by atoms with Gasteiger partial charge in [-0.25, -0.2) is 4.79 Å². The van der Waals surface area contributed by atoms with Crippen LogP contribution in [0.1, 0.15) is 20.8 Å². The Kier molecular flexibility index (Phi) is 5.78. The fraction of sp³-hybridized carbons (Fsp3) is 0.833.